The summed E-state index contributed by atoms with van der Waals surface area (Å²) in [5.41, 5.74) is 0. The predicted molar refractivity (Wildman–Crippen MR) is 62.2 cm³/mol. The first-order chi connectivity index (χ1) is 7.81. The molecular formula is C12H22N2O2. The number of nitrogens with one attached hydrogen (secondary N) is 1. The molecule has 2 aliphatic heterocycles. The van der Waals surface area contributed by atoms with Gasteiger partial charge in [-0.1, -0.05) is 0 Å². The van der Waals surface area contributed by atoms with Gasteiger partial charge in [0.2, 0.25) is 5.91 Å². The maximum Gasteiger partial charge on any atom is 0.228 e. The highest BCUT2D eigenvalue weighted by atomic mass is 16.5. The Balaban J connectivity index is 1.69. The number of hydrogen-bond donors (Lipinski definition) is 1. The Hall–Kier alpha value is -0.610. The molecule has 0 spiro atoms. The summed E-state index contributed by atoms with van der Waals surface area (Å²) in [6.07, 6.45) is 2.21. The summed E-state index contributed by atoms with van der Waals surface area (Å²) in [6, 6.07) is 0. The summed E-state index contributed by atoms with van der Waals surface area (Å²) < 4.78 is 5.44. The van der Waals surface area contributed by atoms with Crippen molar-refractivity contribution in [3.63, 3.8) is 0 Å². The number of piperidine rings is 1. The summed E-state index contributed by atoms with van der Waals surface area (Å²) in [6.45, 7) is 7.29. The predicted octanol–water partition coefficient (Wildman–Crippen LogP) is 0.481. The van der Waals surface area contributed by atoms with E-state index < -0.39 is 0 Å². The van der Waals surface area contributed by atoms with Gasteiger partial charge in [-0.3, -0.25) is 4.79 Å². The summed E-state index contributed by atoms with van der Waals surface area (Å²) in [5, 5.41) is 3.15. The van der Waals surface area contributed by atoms with E-state index in [1.807, 2.05) is 11.8 Å². The van der Waals surface area contributed by atoms with Crippen molar-refractivity contribution in [1.82, 2.24) is 10.2 Å². The van der Waals surface area contributed by atoms with Crippen molar-refractivity contribution in [3.05, 3.63) is 0 Å². The number of amides is 1. The molecule has 4 nitrogen and oxygen atoms in total. The number of rotatable bonds is 4. The second kappa shape index (κ2) is 5.64. The molecule has 2 saturated heterocycles. The average molecular weight is 226 g/mol. The first-order valence-electron chi connectivity index (χ1n) is 6.38. The Morgan fingerprint density at radius 3 is 2.56 bits per heavy atom. The molecule has 0 aliphatic carbocycles. The third kappa shape index (κ3) is 2.74. The fraction of sp³-hybridized carbons (Fsp3) is 0.917. The summed E-state index contributed by atoms with van der Waals surface area (Å²) in [4.78, 5) is 14.0. The van der Waals surface area contributed by atoms with Crippen LogP contribution in [0.4, 0.5) is 0 Å². The third-order valence-corrected chi connectivity index (χ3v) is 3.61. The van der Waals surface area contributed by atoms with Gasteiger partial charge in [0.05, 0.1) is 5.92 Å². The molecule has 2 heterocycles. The van der Waals surface area contributed by atoms with E-state index in [4.69, 9.17) is 4.74 Å². The van der Waals surface area contributed by atoms with Gasteiger partial charge < -0.3 is 15.0 Å². The zero-order valence-electron chi connectivity index (χ0n) is 10.1. The molecule has 2 rings (SSSR count). The normalized spacial score (nSPS) is 23.2. The minimum Gasteiger partial charge on any atom is -0.381 e. The van der Waals surface area contributed by atoms with Gasteiger partial charge in [0.15, 0.2) is 0 Å². The minimum atomic E-state index is 0.253. The molecule has 2 fully saturated rings. The van der Waals surface area contributed by atoms with Gasteiger partial charge in [-0.15, -0.1) is 0 Å². The van der Waals surface area contributed by atoms with E-state index in [0.29, 0.717) is 11.8 Å². The summed E-state index contributed by atoms with van der Waals surface area (Å²) in [7, 11) is 0. The van der Waals surface area contributed by atoms with Gasteiger partial charge in [-0.25, -0.2) is 0 Å². The molecule has 0 bridgehead atoms. The molecule has 92 valence electrons. The second-order valence-electron chi connectivity index (χ2n) is 4.78. The Bertz CT molecular complexity index is 233. The average Bonchev–Trinajstić information content (AvgIpc) is 2.24. The number of carbonyl (C=O) groups is 1. The number of ether oxygens (including phenoxy) is 1. The maximum absolute atomic E-state index is 12.0. The van der Waals surface area contributed by atoms with E-state index in [2.05, 4.69) is 5.32 Å². The number of nitrogens with zero attached hydrogens (tertiary/aromatic N) is 1. The Labute approximate surface area is 97.3 Å². The first-order valence-corrected chi connectivity index (χ1v) is 6.38. The standard InChI is InChI=1S/C12H22N2O2/c1-2-16-9-10-3-5-14(6-4-10)12(15)11-7-13-8-11/h10-11,13H,2-9H2,1H3. The highest BCUT2D eigenvalue weighted by Gasteiger charge is 2.31. The zero-order chi connectivity index (χ0) is 11.4. The van der Waals surface area contributed by atoms with Crippen LogP contribution in [0.5, 0.6) is 0 Å². The van der Waals surface area contributed by atoms with Crippen molar-refractivity contribution in [3.8, 4) is 0 Å². The lowest BCUT2D eigenvalue weighted by Crippen LogP contribution is -2.53. The molecule has 16 heavy (non-hydrogen) atoms. The van der Waals surface area contributed by atoms with Crippen molar-refractivity contribution < 1.29 is 9.53 Å². The van der Waals surface area contributed by atoms with E-state index >= 15 is 0 Å². The Kier molecular flexibility index (Phi) is 4.18. The largest absolute Gasteiger partial charge is 0.381 e. The SMILES string of the molecule is CCOCC1CCN(C(=O)C2CNC2)CC1. The molecule has 2 aliphatic rings. The molecule has 0 atom stereocenters. The van der Waals surface area contributed by atoms with Crippen LogP contribution in [0.3, 0.4) is 0 Å². The van der Waals surface area contributed by atoms with Gasteiger partial charge in [0.1, 0.15) is 0 Å². The fourth-order valence-corrected chi connectivity index (χ4v) is 2.33. The third-order valence-electron chi connectivity index (χ3n) is 3.61. The molecule has 0 unspecified atom stereocenters. The maximum atomic E-state index is 12.0. The van der Waals surface area contributed by atoms with Gasteiger partial charge in [0, 0.05) is 39.4 Å². The van der Waals surface area contributed by atoms with Crippen molar-refractivity contribution in [2.24, 2.45) is 11.8 Å². The lowest BCUT2D eigenvalue weighted by Gasteiger charge is -2.36. The van der Waals surface area contributed by atoms with Gasteiger partial charge >= 0.3 is 0 Å². The van der Waals surface area contributed by atoms with Crippen molar-refractivity contribution in [2.75, 3.05) is 39.4 Å². The molecule has 1 N–H and O–H groups in total. The smallest absolute Gasteiger partial charge is 0.228 e. The molecule has 1 amide bonds. The molecule has 0 radical (unpaired) electrons. The van der Waals surface area contributed by atoms with Crippen LogP contribution in [-0.2, 0) is 9.53 Å². The number of carbonyl (C=O) groups excluding carboxylic acids is 1. The second-order valence-corrected chi connectivity index (χ2v) is 4.78. The first kappa shape index (κ1) is 11.9. The van der Waals surface area contributed by atoms with Crippen LogP contribution < -0.4 is 5.32 Å². The summed E-state index contributed by atoms with van der Waals surface area (Å²) in [5.74, 6) is 1.26. The van der Waals surface area contributed by atoms with Crippen molar-refractivity contribution in [1.29, 1.82) is 0 Å². The Morgan fingerprint density at radius 1 is 1.38 bits per heavy atom. The van der Waals surface area contributed by atoms with E-state index in [1.165, 1.54) is 0 Å². The molecule has 0 aromatic rings. The van der Waals surface area contributed by atoms with Gasteiger partial charge in [-0.2, -0.15) is 0 Å². The molecule has 0 saturated carbocycles. The van der Waals surface area contributed by atoms with Gasteiger partial charge in [0.25, 0.3) is 0 Å². The van der Waals surface area contributed by atoms with Gasteiger partial charge in [-0.05, 0) is 25.7 Å². The summed E-state index contributed by atoms with van der Waals surface area (Å²) >= 11 is 0. The van der Waals surface area contributed by atoms with E-state index in [1.54, 1.807) is 0 Å². The highest BCUT2D eigenvalue weighted by molar-refractivity contribution is 5.80. The van der Waals surface area contributed by atoms with Crippen LogP contribution in [0.15, 0.2) is 0 Å². The monoisotopic (exact) mass is 226 g/mol. The van der Waals surface area contributed by atoms with Crippen LogP contribution in [0.1, 0.15) is 19.8 Å². The van der Waals surface area contributed by atoms with Crippen LogP contribution in [0.2, 0.25) is 0 Å². The van der Waals surface area contributed by atoms with E-state index in [9.17, 15) is 4.79 Å². The van der Waals surface area contributed by atoms with Crippen molar-refractivity contribution in [2.45, 2.75) is 19.8 Å². The van der Waals surface area contributed by atoms with Crippen LogP contribution in [-0.4, -0.2) is 50.2 Å². The number of hydrogen-bond acceptors (Lipinski definition) is 3. The quantitative estimate of drug-likeness (QED) is 0.758. The molecule has 4 heteroatoms. The fourth-order valence-electron chi connectivity index (χ4n) is 2.33. The zero-order valence-corrected chi connectivity index (χ0v) is 10.1. The topological polar surface area (TPSA) is 41.6 Å². The number of likely N-dealkylation sites (tertiary alicyclic amines) is 1. The lowest BCUT2D eigenvalue weighted by molar-refractivity contribution is -0.138. The van der Waals surface area contributed by atoms with Crippen LogP contribution in [0, 0.1) is 11.8 Å². The lowest BCUT2D eigenvalue weighted by atomic mass is 9.95. The van der Waals surface area contributed by atoms with Crippen LogP contribution in [0.25, 0.3) is 0 Å². The van der Waals surface area contributed by atoms with E-state index in [0.717, 1.165) is 52.2 Å². The molecule has 0 aromatic carbocycles. The van der Waals surface area contributed by atoms with Crippen LogP contribution >= 0.6 is 0 Å². The highest BCUT2D eigenvalue weighted by Crippen LogP contribution is 2.20. The van der Waals surface area contributed by atoms with Crippen molar-refractivity contribution >= 4 is 5.91 Å². The van der Waals surface area contributed by atoms with E-state index in [-0.39, 0.29) is 5.92 Å². The molecular weight excluding hydrogens is 204 g/mol. The molecule has 0 aromatic heterocycles. The Morgan fingerprint density at radius 2 is 2.06 bits per heavy atom. The minimum absolute atomic E-state index is 0.253.